The van der Waals surface area contributed by atoms with E-state index >= 15 is 0 Å². The zero-order valence-electron chi connectivity index (χ0n) is 8.16. The summed E-state index contributed by atoms with van der Waals surface area (Å²) in [4.78, 5) is 2.29. The lowest BCUT2D eigenvalue weighted by Gasteiger charge is -2.32. The normalized spacial score (nSPS) is 20.1. The van der Waals surface area contributed by atoms with Crippen molar-refractivity contribution < 1.29 is 0 Å². The molecule has 1 fully saturated rings. The first kappa shape index (κ1) is 8.17. The Kier molecular flexibility index (Phi) is 1.87. The van der Waals surface area contributed by atoms with Crippen LogP contribution < -0.4 is 10.2 Å². The van der Waals surface area contributed by atoms with Crippen molar-refractivity contribution in [1.29, 1.82) is 0 Å². The summed E-state index contributed by atoms with van der Waals surface area (Å²) in [5.74, 6) is 1.07. The van der Waals surface area contributed by atoms with Crippen molar-refractivity contribution >= 4 is 5.82 Å². The lowest BCUT2D eigenvalue weighted by molar-refractivity contribution is 0.587. The predicted molar refractivity (Wildman–Crippen MR) is 54.3 cm³/mol. The molecule has 2 aliphatic heterocycles. The molecule has 0 radical (unpaired) electrons. The molecular formula is C10H14N4. The fraction of sp³-hybridized carbons (Fsp3) is 0.600. The molecule has 1 saturated heterocycles. The van der Waals surface area contributed by atoms with Gasteiger partial charge in [0.25, 0.3) is 0 Å². The van der Waals surface area contributed by atoms with Crippen LogP contribution >= 0.6 is 0 Å². The van der Waals surface area contributed by atoms with Crippen LogP contribution in [0.5, 0.6) is 0 Å². The zero-order valence-corrected chi connectivity index (χ0v) is 8.16. The van der Waals surface area contributed by atoms with Gasteiger partial charge in [0.05, 0.1) is 5.69 Å². The quantitative estimate of drug-likeness (QED) is 0.693. The first-order valence-corrected chi connectivity index (χ1v) is 5.24. The van der Waals surface area contributed by atoms with Gasteiger partial charge in [-0.25, -0.2) is 0 Å². The van der Waals surface area contributed by atoms with Crippen LogP contribution in [0.3, 0.4) is 0 Å². The minimum atomic E-state index is 0.878. The maximum atomic E-state index is 4.27. The van der Waals surface area contributed by atoms with E-state index in [9.17, 15) is 0 Å². The van der Waals surface area contributed by atoms with Crippen molar-refractivity contribution in [3.63, 3.8) is 0 Å². The van der Waals surface area contributed by atoms with E-state index in [4.69, 9.17) is 0 Å². The molecule has 0 bridgehead atoms. The first-order valence-electron chi connectivity index (χ1n) is 5.24. The third-order valence-electron chi connectivity index (χ3n) is 2.99. The van der Waals surface area contributed by atoms with Crippen LogP contribution in [-0.2, 0) is 13.0 Å². The SMILES string of the molecule is c1c(N2CCC2)nnc2c1CCNC2. The smallest absolute Gasteiger partial charge is 0.151 e. The van der Waals surface area contributed by atoms with Gasteiger partial charge in [0.15, 0.2) is 5.82 Å². The number of nitrogens with zero attached hydrogens (tertiary/aromatic N) is 3. The Morgan fingerprint density at radius 2 is 2.21 bits per heavy atom. The largest absolute Gasteiger partial charge is 0.355 e. The summed E-state index contributed by atoms with van der Waals surface area (Å²) in [6.07, 6.45) is 2.38. The predicted octanol–water partition coefficient (Wildman–Crippen LogP) is 0.332. The highest BCUT2D eigenvalue weighted by Crippen LogP contribution is 2.20. The molecule has 0 unspecified atom stereocenters. The van der Waals surface area contributed by atoms with Gasteiger partial charge in [-0.3, -0.25) is 0 Å². The molecule has 0 aliphatic carbocycles. The van der Waals surface area contributed by atoms with Crippen LogP contribution in [0, 0.1) is 0 Å². The summed E-state index contributed by atoms with van der Waals surface area (Å²) >= 11 is 0. The number of aromatic nitrogens is 2. The minimum absolute atomic E-state index is 0.878. The van der Waals surface area contributed by atoms with Crippen molar-refractivity contribution in [3.8, 4) is 0 Å². The summed E-state index contributed by atoms with van der Waals surface area (Å²) in [6.45, 7) is 4.23. The average Bonchev–Trinajstić information content (AvgIpc) is 2.15. The fourth-order valence-corrected chi connectivity index (χ4v) is 1.94. The Morgan fingerprint density at radius 1 is 1.29 bits per heavy atom. The Morgan fingerprint density at radius 3 is 3.00 bits per heavy atom. The topological polar surface area (TPSA) is 41.1 Å². The van der Waals surface area contributed by atoms with Gasteiger partial charge in [0, 0.05) is 19.6 Å². The second kappa shape index (κ2) is 3.20. The molecule has 1 N–H and O–H groups in total. The molecule has 3 heterocycles. The highest BCUT2D eigenvalue weighted by molar-refractivity contribution is 5.43. The van der Waals surface area contributed by atoms with Crippen LogP contribution in [-0.4, -0.2) is 29.8 Å². The Balaban J connectivity index is 1.92. The summed E-state index contributed by atoms with van der Waals surface area (Å²) in [5, 5.41) is 11.8. The Bertz CT molecular complexity index is 346. The lowest BCUT2D eigenvalue weighted by atomic mass is 10.1. The van der Waals surface area contributed by atoms with Crippen molar-refractivity contribution in [2.75, 3.05) is 24.5 Å². The van der Waals surface area contributed by atoms with Crippen LogP contribution in [0.4, 0.5) is 5.82 Å². The summed E-state index contributed by atoms with van der Waals surface area (Å²) in [7, 11) is 0. The van der Waals surface area contributed by atoms with Crippen LogP contribution in [0.1, 0.15) is 17.7 Å². The summed E-state index contributed by atoms with van der Waals surface area (Å²) in [6, 6.07) is 2.21. The van der Waals surface area contributed by atoms with E-state index in [0.717, 1.165) is 44.1 Å². The lowest BCUT2D eigenvalue weighted by Crippen LogP contribution is -2.38. The van der Waals surface area contributed by atoms with Crippen molar-refractivity contribution in [1.82, 2.24) is 15.5 Å². The van der Waals surface area contributed by atoms with E-state index in [2.05, 4.69) is 26.5 Å². The number of rotatable bonds is 1. The van der Waals surface area contributed by atoms with Crippen molar-refractivity contribution in [3.05, 3.63) is 17.3 Å². The number of nitrogens with one attached hydrogen (secondary N) is 1. The summed E-state index contributed by atoms with van der Waals surface area (Å²) < 4.78 is 0. The van der Waals surface area contributed by atoms with Crippen molar-refractivity contribution in [2.45, 2.75) is 19.4 Å². The van der Waals surface area contributed by atoms with E-state index in [1.165, 1.54) is 12.0 Å². The second-order valence-electron chi connectivity index (χ2n) is 3.94. The van der Waals surface area contributed by atoms with Crippen molar-refractivity contribution in [2.24, 2.45) is 0 Å². The first-order chi connectivity index (χ1) is 6.93. The van der Waals surface area contributed by atoms with Crippen LogP contribution in [0.15, 0.2) is 6.07 Å². The molecule has 2 aliphatic rings. The van der Waals surface area contributed by atoms with Gasteiger partial charge in [-0.1, -0.05) is 0 Å². The molecule has 3 rings (SSSR count). The number of hydrogen-bond donors (Lipinski definition) is 1. The maximum Gasteiger partial charge on any atom is 0.151 e. The van der Waals surface area contributed by atoms with Gasteiger partial charge in [0.1, 0.15) is 0 Å². The molecule has 74 valence electrons. The molecule has 1 aromatic rings. The molecule has 0 spiro atoms. The Labute approximate surface area is 83.3 Å². The van der Waals surface area contributed by atoms with Gasteiger partial charge in [-0.2, -0.15) is 5.10 Å². The Hall–Kier alpha value is -1.16. The average molecular weight is 190 g/mol. The molecule has 0 amide bonds. The number of anilines is 1. The molecule has 0 aromatic carbocycles. The molecule has 4 heteroatoms. The van der Waals surface area contributed by atoms with Gasteiger partial charge in [-0.05, 0) is 31.0 Å². The molecule has 14 heavy (non-hydrogen) atoms. The van der Waals surface area contributed by atoms with Gasteiger partial charge in [-0.15, -0.1) is 5.10 Å². The monoisotopic (exact) mass is 190 g/mol. The highest BCUT2D eigenvalue weighted by atomic mass is 15.3. The van der Waals surface area contributed by atoms with E-state index < -0.39 is 0 Å². The second-order valence-corrected chi connectivity index (χ2v) is 3.94. The highest BCUT2D eigenvalue weighted by Gasteiger charge is 2.18. The molecule has 4 nitrogen and oxygen atoms in total. The van der Waals surface area contributed by atoms with E-state index in [1.807, 2.05) is 0 Å². The van der Waals surface area contributed by atoms with E-state index in [1.54, 1.807) is 0 Å². The van der Waals surface area contributed by atoms with Gasteiger partial charge < -0.3 is 10.2 Å². The summed E-state index contributed by atoms with van der Waals surface area (Å²) in [5.41, 5.74) is 2.50. The molecule has 1 aromatic heterocycles. The van der Waals surface area contributed by atoms with Crippen LogP contribution in [0.25, 0.3) is 0 Å². The zero-order chi connectivity index (χ0) is 9.38. The maximum absolute atomic E-state index is 4.27. The third-order valence-corrected chi connectivity index (χ3v) is 2.99. The number of fused-ring (bicyclic) bond motifs is 1. The number of hydrogen-bond acceptors (Lipinski definition) is 4. The standard InChI is InChI=1S/C10H14N4/c1-4-14(5-1)10-6-8-2-3-11-7-9(8)12-13-10/h6,11H,1-5,7H2. The van der Waals surface area contributed by atoms with E-state index in [0.29, 0.717) is 0 Å². The van der Waals surface area contributed by atoms with Crippen LogP contribution in [0.2, 0.25) is 0 Å². The fourth-order valence-electron chi connectivity index (χ4n) is 1.94. The van der Waals surface area contributed by atoms with Gasteiger partial charge in [0.2, 0.25) is 0 Å². The molecule has 0 atom stereocenters. The molecular weight excluding hydrogens is 176 g/mol. The van der Waals surface area contributed by atoms with Gasteiger partial charge >= 0.3 is 0 Å². The molecule has 0 saturated carbocycles. The third kappa shape index (κ3) is 1.26. The minimum Gasteiger partial charge on any atom is -0.355 e. The van der Waals surface area contributed by atoms with E-state index in [-0.39, 0.29) is 0 Å².